The molecule has 6 rings (SSSR count). The zero-order valence-electron chi connectivity index (χ0n) is 25.1. The van der Waals surface area contributed by atoms with Gasteiger partial charge in [0.1, 0.15) is 0 Å². The average molecular weight is 595 g/mol. The van der Waals surface area contributed by atoms with E-state index < -0.39 is 6.29 Å². The molecule has 0 radical (unpaired) electrons. The molecule has 1 amide bonds. The minimum Gasteiger partial charge on any atom is -0.493 e. The lowest BCUT2D eigenvalue weighted by Gasteiger charge is -2.39. The van der Waals surface area contributed by atoms with Crippen molar-refractivity contribution in [2.45, 2.75) is 44.5 Å². The van der Waals surface area contributed by atoms with E-state index in [1.807, 2.05) is 66.7 Å². The van der Waals surface area contributed by atoms with Crippen LogP contribution in [0.1, 0.15) is 57.0 Å². The van der Waals surface area contributed by atoms with Gasteiger partial charge in [-0.15, -0.1) is 0 Å². The fourth-order valence-electron chi connectivity index (χ4n) is 5.97. The lowest BCUT2D eigenvalue weighted by molar-refractivity contribution is -0.253. The van der Waals surface area contributed by atoms with Crippen molar-refractivity contribution >= 4 is 11.6 Å². The summed E-state index contributed by atoms with van der Waals surface area (Å²) < 4.78 is 24.3. The first kappa shape index (κ1) is 29.8. The number of benzene rings is 4. The van der Waals surface area contributed by atoms with Crippen molar-refractivity contribution in [3.8, 4) is 11.5 Å². The van der Waals surface area contributed by atoms with E-state index in [0.29, 0.717) is 17.7 Å². The van der Waals surface area contributed by atoms with E-state index in [4.69, 9.17) is 18.9 Å². The summed E-state index contributed by atoms with van der Waals surface area (Å²) in [5, 5.41) is 12.5. The fraction of sp³-hybridized carbons (Fsp3) is 0.306. The number of aliphatic hydroxyl groups is 1. The van der Waals surface area contributed by atoms with Crippen molar-refractivity contribution in [1.82, 2.24) is 4.90 Å². The van der Waals surface area contributed by atoms with Gasteiger partial charge in [0.25, 0.3) is 5.91 Å². The summed E-state index contributed by atoms with van der Waals surface area (Å²) in [6.07, 6.45) is 0.689. The maximum absolute atomic E-state index is 12.8. The Morgan fingerprint density at radius 1 is 0.886 bits per heavy atom. The summed E-state index contributed by atoms with van der Waals surface area (Å²) in [4.78, 5) is 15.2. The fourth-order valence-corrected chi connectivity index (χ4v) is 5.97. The zero-order valence-corrected chi connectivity index (χ0v) is 25.1. The van der Waals surface area contributed by atoms with Gasteiger partial charge in [0, 0.05) is 42.9 Å². The van der Waals surface area contributed by atoms with Gasteiger partial charge < -0.3 is 29.4 Å². The largest absolute Gasteiger partial charge is 0.493 e. The topological polar surface area (TPSA) is 89.5 Å². The van der Waals surface area contributed by atoms with Crippen LogP contribution in [-0.2, 0) is 29.0 Å². The summed E-state index contributed by atoms with van der Waals surface area (Å²) in [5.74, 6) is 1.32. The lowest BCUT2D eigenvalue weighted by Crippen LogP contribution is -2.41. The highest BCUT2D eigenvalue weighted by atomic mass is 16.7. The van der Waals surface area contributed by atoms with E-state index in [2.05, 4.69) is 22.3 Å². The molecule has 1 saturated heterocycles. The number of methoxy groups -OCH3 is 2. The van der Waals surface area contributed by atoms with E-state index in [0.717, 1.165) is 54.2 Å². The molecule has 2 aliphatic rings. The van der Waals surface area contributed by atoms with Crippen LogP contribution in [0.25, 0.3) is 0 Å². The van der Waals surface area contributed by atoms with Crippen LogP contribution < -0.4 is 14.8 Å². The number of carbonyl (C=O) groups excluding carboxylic acids is 1. The molecule has 2 heterocycles. The summed E-state index contributed by atoms with van der Waals surface area (Å²) in [7, 11) is 3.33. The van der Waals surface area contributed by atoms with Gasteiger partial charge in [-0.1, -0.05) is 54.6 Å². The number of nitrogens with zero attached hydrogens (tertiary/aromatic N) is 1. The number of fused-ring (bicyclic) bond motifs is 1. The standard InChI is InChI=1S/C36H38N2O6/c1-41-33-18-27-15-16-38(21-29(27)19-34(33)42-2)22-31-20-32(25-13-11-24(23-39)12-14-25)44-36(43-31)28-9-6-10-30(17-28)37-35(40)26-7-4-3-5-8-26/h3-14,17-19,31-32,36,39H,15-16,20-23H2,1-2H3,(H,37,40)/t31-,32+,36+/m0/s1. The number of anilines is 1. The number of hydrogen-bond donors (Lipinski definition) is 2. The van der Waals surface area contributed by atoms with Gasteiger partial charge >= 0.3 is 0 Å². The first-order valence-electron chi connectivity index (χ1n) is 15.0. The Hall–Kier alpha value is -4.21. The normalized spacial score (nSPS) is 20.0. The quantitative estimate of drug-likeness (QED) is 0.244. The molecule has 228 valence electrons. The molecule has 8 nitrogen and oxygen atoms in total. The molecule has 0 bridgehead atoms. The van der Waals surface area contributed by atoms with Crippen LogP contribution in [0.5, 0.6) is 11.5 Å². The highest BCUT2D eigenvalue weighted by molar-refractivity contribution is 6.04. The third kappa shape index (κ3) is 6.79. The lowest BCUT2D eigenvalue weighted by atomic mass is 9.97. The van der Waals surface area contributed by atoms with E-state index in [1.165, 1.54) is 11.1 Å². The van der Waals surface area contributed by atoms with Crippen LogP contribution in [0.3, 0.4) is 0 Å². The molecule has 0 aliphatic carbocycles. The number of rotatable bonds is 9. The Bertz CT molecular complexity index is 1580. The van der Waals surface area contributed by atoms with E-state index in [9.17, 15) is 9.90 Å². The summed E-state index contributed by atoms with van der Waals surface area (Å²) in [5.41, 5.74) is 6.50. The first-order chi connectivity index (χ1) is 21.5. The number of aliphatic hydroxyl groups excluding tert-OH is 1. The molecule has 4 aromatic carbocycles. The molecule has 8 heteroatoms. The third-order valence-electron chi connectivity index (χ3n) is 8.33. The van der Waals surface area contributed by atoms with Crippen molar-refractivity contribution in [3.05, 3.63) is 124 Å². The van der Waals surface area contributed by atoms with Crippen LogP contribution in [0.15, 0.2) is 91.0 Å². The van der Waals surface area contributed by atoms with Gasteiger partial charge in [0.2, 0.25) is 0 Å². The van der Waals surface area contributed by atoms with Crippen LogP contribution in [0, 0.1) is 0 Å². The predicted molar refractivity (Wildman–Crippen MR) is 168 cm³/mol. The van der Waals surface area contributed by atoms with E-state index in [-0.39, 0.29) is 24.7 Å². The second kappa shape index (κ2) is 13.6. The smallest absolute Gasteiger partial charge is 0.255 e. The molecule has 44 heavy (non-hydrogen) atoms. The van der Waals surface area contributed by atoms with Crippen molar-refractivity contribution < 1.29 is 28.8 Å². The monoisotopic (exact) mass is 594 g/mol. The second-order valence-electron chi connectivity index (χ2n) is 11.3. The van der Waals surface area contributed by atoms with Crippen LogP contribution in [0.2, 0.25) is 0 Å². The van der Waals surface area contributed by atoms with E-state index in [1.54, 1.807) is 26.4 Å². The molecule has 0 aromatic heterocycles. The number of carbonyl (C=O) groups is 1. The SMILES string of the molecule is COc1cc2c(cc1OC)CN(C[C@@H]1C[C@H](c3ccc(CO)cc3)O[C@H](c3cccc(NC(=O)c4ccccc4)c3)O1)CC2. The molecule has 0 spiro atoms. The summed E-state index contributed by atoms with van der Waals surface area (Å²) >= 11 is 0. The Balaban J connectivity index is 1.22. The molecule has 1 fully saturated rings. The van der Waals surface area contributed by atoms with Crippen molar-refractivity contribution in [1.29, 1.82) is 0 Å². The van der Waals surface area contributed by atoms with Crippen molar-refractivity contribution in [3.63, 3.8) is 0 Å². The van der Waals surface area contributed by atoms with Gasteiger partial charge in [-0.2, -0.15) is 0 Å². The van der Waals surface area contributed by atoms with E-state index >= 15 is 0 Å². The van der Waals surface area contributed by atoms with Crippen LogP contribution in [-0.4, -0.2) is 49.3 Å². The van der Waals surface area contributed by atoms with Gasteiger partial charge in [0.15, 0.2) is 17.8 Å². The minimum absolute atomic E-state index is 0.00521. The van der Waals surface area contributed by atoms with Crippen molar-refractivity contribution in [2.24, 2.45) is 0 Å². The first-order valence-corrected chi connectivity index (χ1v) is 15.0. The maximum atomic E-state index is 12.8. The van der Waals surface area contributed by atoms with Crippen molar-refractivity contribution in [2.75, 3.05) is 32.6 Å². The Morgan fingerprint density at radius 2 is 1.64 bits per heavy atom. The maximum Gasteiger partial charge on any atom is 0.255 e. The van der Waals surface area contributed by atoms with Gasteiger partial charge in [-0.3, -0.25) is 9.69 Å². The third-order valence-corrected chi connectivity index (χ3v) is 8.33. The van der Waals surface area contributed by atoms with Gasteiger partial charge in [0.05, 0.1) is 33.0 Å². The molecular formula is C36H38N2O6. The van der Waals surface area contributed by atoms with Gasteiger partial charge in [-0.25, -0.2) is 0 Å². The number of nitrogens with one attached hydrogen (secondary N) is 1. The van der Waals surface area contributed by atoms with Crippen LogP contribution >= 0.6 is 0 Å². The zero-order chi connectivity index (χ0) is 30.5. The van der Waals surface area contributed by atoms with Gasteiger partial charge in [-0.05, 0) is 65.1 Å². The molecule has 3 atom stereocenters. The Kier molecular flexibility index (Phi) is 9.23. The predicted octanol–water partition coefficient (Wildman–Crippen LogP) is 6.05. The summed E-state index contributed by atoms with van der Waals surface area (Å²) in [6.45, 7) is 2.43. The summed E-state index contributed by atoms with van der Waals surface area (Å²) in [6, 6.07) is 28.9. The molecule has 2 aliphatic heterocycles. The molecule has 0 unspecified atom stereocenters. The number of ether oxygens (including phenoxy) is 4. The molecule has 2 N–H and O–H groups in total. The Morgan fingerprint density at radius 3 is 2.36 bits per heavy atom. The number of amides is 1. The second-order valence-corrected chi connectivity index (χ2v) is 11.3. The average Bonchev–Trinajstić information content (AvgIpc) is 3.08. The number of hydrogen-bond acceptors (Lipinski definition) is 7. The molecule has 4 aromatic rings. The Labute approximate surface area is 258 Å². The molecule has 0 saturated carbocycles. The minimum atomic E-state index is -0.619. The highest BCUT2D eigenvalue weighted by Crippen LogP contribution is 2.39. The van der Waals surface area contributed by atoms with Crippen LogP contribution in [0.4, 0.5) is 5.69 Å². The molecular weight excluding hydrogens is 556 g/mol. The highest BCUT2D eigenvalue weighted by Gasteiger charge is 2.34.